The van der Waals surface area contributed by atoms with Gasteiger partial charge in [-0.25, -0.2) is 0 Å². The van der Waals surface area contributed by atoms with E-state index in [2.05, 4.69) is 20.6 Å². The minimum atomic E-state index is -2.92. The van der Waals surface area contributed by atoms with Crippen LogP contribution in [0.4, 0.5) is 8.78 Å². The van der Waals surface area contributed by atoms with Crippen molar-refractivity contribution < 1.29 is 23.0 Å². The van der Waals surface area contributed by atoms with E-state index in [-0.39, 0.29) is 11.5 Å². The van der Waals surface area contributed by atoms with Crippen LogP contribution in [0.1, 0.15) is 18.1 Å². The molecule has 0 spiro atoms. The fourth-order valence-corrected chi connectivity index (χ4v) is 2.32. The van der Waals surface area contributed by atoms with Gasteiger partial charge in [0, 0.05) is 6.54 Å². The van der Waals surface area contributed by atoms with Gasteiger partial charge in [0.15, 0.2) is 16.6 Å². The Hall–Kier alpha value is -2.94. The predicted molar refractivity (Wildman–Crippen MR) is 107 cm³/mol. The Morgan fingerprint density at radius 1 is 1.18 bits per heavy atom. The lowest BCUT2D eigenvalue weighted by Gasteiger charge is -2.11. The van der Waals surface area contributed by atoms with Crippen LogP contribution < -0.4 is 25.0 Å². The number of methoxy groups -OCH3 is 1. The summed E-state index contributed by atoms with van der Waals surface area (Å²) in [5.41, 5.74) is 4.36. The molecule has 2 rings (SSSR count). The number of rotatable bonds is 9. The molecule has 28 heavy (non-hydrogen) atoms. The van der Waals surface area contributed by atoms with E-state index in [1.165, 1.54) is 12.3 Å². The fraction of sp³-hybridized carbons (Fsp3) is 0.263. The van der Waals surface area contributed by atoms with Crippen LogP contribution in [0.25, 0.3) is 0 Å². The Bertz CT molecular complexity index is 802. The number of hydrazone groups is 1. The SMILES string of the molecule is CCOc1cc(/C=N\NC(=S)NCc2ccc(OC)cc2)ccc1OC(F)F. The molecule has 0 aromatic heterocycles. The summed E-state index contributed by atoms with van der Waals surface area (Å²) in [7, 11) is 1.61. The number of ether oxygens (including phenoxy) is 3. The second-order valence-corrected chi connectivity index (χ2v) is 5.83. The third-order valence-electron chi connectivity index (χ3n) is 3.48. The molecule has 0 unspecified atom stereocenters. The van der Waals surface area contributed by atoms with Crippen molar-refractivity contribution in [1.82, 2.24) is 10.7 Å². The number of hydrogen-bond donors (Lipinski definition) is 2. The Kier molecular flexibility index (Phi) is 8.41. The largest absolute Gasteiger partial charge is 0.497 e. The third kappa shape index (κ3) is 6.99. The normalized spacial score (nSPS) is 10.8. The van der Waals surface area contributed by atoms with E-state index >= 15 is 0 Å². The van der Waals surface area contributed by atoms with Gasteiger partial charge in [0.05, 0.1) is 19.9 Å². The van der Waals surface area contributed by atoms with E-state index in [4.69, 9.17) is 21.7 Å². The van der Waals surface area contributed by atoms with E-state index in [1.54, 1.807) is 26.2 Å². The molecule has 150 valence electrons. The smallest absolute Gasteiger partial charge is 0.387 e. The third-order valence-corrected chi connectivity index (χ3v) is 3.71. The highest BCUT2D eigenvalue weighted by Crippen LogP contribution is 2.29. The molecule has 0 heterocycles. The zero-order valence-corrected chi connectivity index (χ0v) is 16.3. The number of nitrogens with zero attached hydrogens (tertiary/aromatic N) is 1. The van der Waals surface area contributed by atoms with Crippen molar-refractivity contribution in [2.45, 2.75) is 20.1 Å². The number of nitrogens with one attached hydrogen (secondary N) is 2. The van der Waals surface area contributed by atoms with Gasteiger partial charge in [-0.2, -0.15) is 13.9 Å². The van der Waals surface area contributed by atoms with Gasteiger partial charge < -0.3 is 19.5 Å². The van der Waals surface area contributed by atoms with Crippen molar-refractivity contribution >= 4 is 23.5 Å². The summed E-state index contributed by atoms with van der Waals surface area (Å²) < 4.78 is 39.7. The van der Waals surface area contributed by atoms with Gasteiger partial charge >= 0.3 is 6.61 Å². The number of halogens is 2. The lowest BCUT2D eigenvalue weighted by atomic mass is 10.2. The molecular formula is C19H21F2N3O3S. The first-order valence-corrected chi connectivity index (χ1v) is 8.84. The monoisotopic (exact) mass is 409 g/mol. The molecule has 9 heteroatoms. The first kappa shape index (κ1) is 21.4. The van der Waals surface area contributed by atoms with Crippen molar-refractivity contribution in [1.29, 1.82) is 0 Å². The fourth-order valence-electron chi connectivity index (χ4n) is 2.20. The van der Waals surface area contributed by atoms with E-state index in [1.807, 2.05) is 24.3 Å². The van der Waals surface area contributed by atoms with Crippen LogP contribution >= 0.6 is 12.2 Å². The van der Waals surface area contributed by atoms with Gasteiger partial charge in [0.2, 0.25) is 0 Å². The highest BCUT2D eigenvalue weighted by atomic mass is 32.1. The van der Waals surface area contributed by atoms with Crippen LogP contribution in [0, 0.1) is 0 Å². The summed E-state index contributed by atoms with van der Waals surface area (Å²) in [5.74, 6) is 0.969. The Labute approximate surface area is 167 Å². The Morgan fingerprint density at radius 2 is 1.93 bits per heavy atom. The average Bonchev–Trinajstić information content (AvgIpc) is 2.68. The molecule has 0 radical (unpaired) electrons. The second kappa shape index (κ2) is 11.0. The maximum absolute atomic E-state index is 12.4. The molecule has 0 fully saturated rings. The van der Waals surface area contributed by atoms with Crippen molar-refractivity contribution in [2.75, 3.05) is 13.7 Å². The maximum atomic E-state index is 12.4. The molecule has 0 saturated heterocycles. The van der Waals surface area contributed by atoms with Crippen molar-refractivity contribution in [2.24, 2.45) is 5.10 Å². The number of alkyl halides is 2. The second-order valence-electron chi connectivity index (χ2n) is 5.42. The number of benzene rings is 2. The summed E-state index contributed by atoms with van der Waals surface area (Å²) in [6.45, 7) is -0.326. The van der Waals surface area contributed by atoms with Crippen LogP contribution in [0.15, 0.2) is 47.6 Å². The molecule has 2 aromatic rings. The summed E-state index contributed by atoms with van der Waals surface area (Å²) >= 11 is 5.16. The molecule has 0 saturated carbocycles. The molecule has 2 aromatic carbocycles. The van der Waals surface area contributed by atoms with Gasteiger partial charge in [-0.1, -0.05) is 12.1 Å². The average molecular weight is 409 g/mol. The molecule has 0 aliphatic heterocycles. The molecule has 0 aliphatic rings. The summed E-state index contributed by atoms with van der Waals surface area (Å²) in [6.07, 6.45) is 1.50. The first-order chi connectivity index (χ1) is 13.5. The van der Waals surface area contributed by atoms with Crippen LogP contribution in [-0.4, -0.2) is 31.7 Å². The lowest BCUT2D eigenvalue weighted by Crippen LogP contribution is -2.31. The van der Waals surface area contributed by atoms with Crippen molar-refractivity contribution in [3.8, 4) is 17.2 Å². The van der Waals surface area contributed by atoms with Crippen LogP contribution in [0.3, 0.4) is 0 Å². The number of thiocarbonyl (C=S) groups is 1. The summed E-state index contributed by atoms with van der Waals surface area (Å²) in [6, 6.07) is 12.1. The van der Waals surface area contributed by atoms with Crippen molar-refractivity contribution in [3.63, 3.8) is 0 Å². The standard InChI is InChI=1S/C19H21F2N3O3S/c1-3-26-17-10-14(6-9-16(17)27-18(20)21)12-23-24-19(28)22-11-13-4-7-15(25-2)8-5-13/h4-10,12,18H,3,11H2,1-2H3,(H2,22,24,28)/b23-12-. The molecule has 2 N–H and O–H groups in total. The minimum absolute atomic E-state index is 0.0290. The lowest BCUT2D eigenvalue weighted by molar-refractivity contribution is -0.0514. The minimum Gasteiger partial charge on any atom is -0.497 e. The summed E-state index contributed by atoms with van der Waals surface area (Å²) in [4.78, 5) is 0. The quantitative estimate of drug-likeness (QED) is 0.374. The zero-order chi connectivity index (χ0) is 20.4. The molecule has 6 nitrogen and oxygen atoms in total. The van der Waals surface area contributed by atoms with E-state index in [0.29, 0.717) is 23.8 Å². The Morgan fingerprint density at radius 3 is 2.57 bits per heavy atom. The zero-order valence-electron chi connectivity index (χ0n) is 15.4. The van der Waals surface area contributed by atoms with Gasteiger partial charge in [-0.15, -0.1) is 0 Å². The van der Waals surface area contributed by atoms with Gasteiger partial charge in [-0.3, -0.25) is 5.43 Å². The molecule has 0 atom stereocenters. The predicted octanol–water partition coefficient (Wildman–Crippen LogP) is 3.69. The molecule has 0 aliphatic carbocycles. The molecular weight excluding hydrogens is 388 g/mol. The highest BCUT2D eigenvalue weighted by Gasteiger charge is 2.11. The maximum Gasteiger partial charge on any atom is 0.387 e. The summed E-state index contributed by atoms with van der Waals surface area (Å²) in [5, 5.41) is 7.39. The van der Waals surface area contributed by atoms with E-state index in [0.717, 1.165) is 11.3 Å². The van der Waals surface area contributed by atoms with Crippen LogP contribution in [0.5, 0.6) is 17.2 Å². The topological polar surface area (TPSA) is 64.1 Å². The van der Waals surface area contributed by atoms with Gasteiger partial charge in [-0.05, 0) is 60.6 Å². The molecule has 0 bridgehead atoms. The van der Waals surface area contributed by atoms with Crippen LogP contribution in [0.2, 0.25) is 0 Å². The van der Waals surface area contributed by atoms with E-state index in [9.17, 15) is 8.78 Å². The van der Waals surface area contributed by atoms with Gasteiger partial charge in [0.25, 0.3) is 0 Å². The van der Waals surface area contributed by atoms with Crippen molar-refractivity contribution in [3.05, 3.63) is 53.6 Å². The number of hydrogen-bond acceptors (Lipinski definition) is 5. The highest BCUT2D eigenvalue weighted by molar-refractivity contribution is 7.80. The van der Waals surface area contributed by atoms with Crippen LogP contribution in [-0.2, 0) is 6.54 Å². The molecule has 0 amide bonds. The first-order valence-electron chi connectivity index (χ1n) is 8.43. The Balaban J connectivity index is 1.88. The van der Waals surface area contributed by atoms with E-state index < -0.39 is 6.61 Å². The van der Waals surface area contributed by atoms with Gasteiger partial charge in [0.1, 0.15) is 5.75 Å².